The number of carbonyl (C=O) groups is 1. The van der Waals surface area contributed by atoms with Crippen LogP contribution in [-0.2, 0) is 0 Å². The van der Waals surface area contributed by atoms with Gasteiger partial charge in [0.25, 0.3) is 11.5 Å². The Morgan fingerprint density at radius 3 is 2.70 bits per heavy atom. The van der Waals surface area contributed by atoms with Crippen molar-refractivity contribution in [3.63, 3.8) is 0 Å². The molecule has 9 heteroatoms. The highest BCUT2D eigenvalue weighted by Gasteiger charge is 2.18. The lowest BCUT2D eigenvalue weighted by atomic mass is 10.1. The summed E-state index contributed by atoms with van der Waals surface area (Å²) in [4.78, 5) is 38.8. The van der Waals surface area contributed by atoms with Gasteiger partial charge in [0.05, 0.1) is 22.9 Å². The molecular formula is C21H19N7O2. The third-order valence-electron chi connectivity index (χ3n) is 4.55. The number of hydrogen-bond acceptors (Lipinski definition) is 6. The Kier molecular flexibility index (Phi) is 5.17. The molecule has 0 aliphatic carbocycles. The fourth-order valence-electron chi connectivity index (χ4n) is 2.96. The second kappa shape index (κ2) is 8.08. The lowest BCUT2D eigenvalue weighted by Crippen LogP contribution is -2.30. The summed E-state index contributed by atoms with van der Waals surface area (Å²) in [6.07, 6.45) is 6.12. The molecule has 30 heavy (non-hydrogen) atoms. The van der Waals surface area contributed by atoms with E-state index in [2.05, 4.69) is 30.5 Å². The summed E-state index contributed by atoms with van der Waals surface area (Å²) in [6.45, 7) is 3.70. The van der Waals surface area contributed by atoms with Gasteiger partial charge in [0, 0.05) is 18.6 Å². The summed E-state index contributed by atoms with van der Waals surface area (Å²) in [5, 5.41) is 9.39. The van der Waals surface area contributed by atoms with Gasteiger partial charge in [-0.2, -0.15) is 5.10 Å². The largest absolute Gasteiger partial charge is 0.342 e. The Hall–Kier alpha value is -4.14. The maximum atomic E-state index is 13.2. The van der Waals surface area contributed by atoms with Crippen LogP contribution in [0.5, 0.6) is 0 Å². The first-order valence-electron chi connectivity index (χ1n) is 9.30. The maximum Gasteiger partial charge on any atom is 0.265 e. The first-order valence-corrected chi connectivity index (χ1v) is 9.30. The smallest absolute Gasteiger partial charge is 0.265 e. The third kappa shape index (κ3) is 3.86. The molecule has 0 saturated carbocycles. The normalized spacial score (nSPS) is 11.8. The lowest BCUT2D eigenvalue weighted by Gasteiger charge is -2.14. The topological polar surface area (TPSA) is 118 Å². The molecule has 0 saturated heterocycles. The van der Waals surface area contributed by atoms with E-state index in [9.17, 15) is 9.59 Å². The van der Waals surface area contributed by atoms with E-state index < -0.39 is 6.04 Å². The number of pyridine rings is 3. The van der Waals surface area contributed by atoms with Crippen molar-refractivity contribution < 1.29 is 4.79 Å². The summed E-state index contributed by atoms with van der Waals surface area (Å²) in [7, 11) is 0. The van der Waals surface area contributed by atoms with Gasteiger partial charge in [-0.1, -0.05) is 12.1 Å². The van der Waals surface area contributed by atoms with Crippen molar-refractivity contribution in [3.8, 4) is 17.1 Å². The second-order valence-corrected chi connectivity index (χ2v) is 6.79. The summed E-state index contributed by atoms with van der Waals surface area (Å²) in [5.41, 5.74) is 1.72. The number of amides is 1. The zero-order valence-electron chi connectivity index (χ0n) is 16.4. The van der Waals surface area contributed by atoms with Gasteiger partial charge in [0.1, 0.15) is 18.0 Å². The molecule has 4 heterocycles. The number of carbonyl (C=O) groups excluding carboxylic acids is 1. The zero-order valence-corrected chi connectivity index (χ0v) is 16.4. The van der Waals surface area contributed by atoms with Crippen molar-refractivity contribution in [3.05, 3.63) is 88.6 Å². The highest BCUT2D eigenvalue weighted by Crippen LogP contribution is 2.17. The van der Waals surface area contributed by atoms with Crippen LogP contribution in [0.2, 0.25) is 0 Å². The fourth-order valence-corrected chi connectivity index (χ4v) is 2.96. The molecule has 0 bridgehead atoms. The predicted octanol–water partition coefficient (Wildman–Crippen LogP) is 2.21. The molecule has 2 N–H and O–H groups in total. The molecule has 1 atom stereocenters. The van der Waals surface area contributed by atoms with Crippen LogP contribution in [0.25, 0.3) is 17.1 Å². The average molecular weight is 401 g/mol. The van der Waals surface area contributed by atoms with E-state index in [1.807, 2.05) is 13.0 Å². The van der Waals surface area contributed by atoms with Crippen LogP contribution < -0.4 is 10.9 Å². The number of rotatable bonds is 5. The van der Waals surface area contributed by atoms with Gasteiger partial charge in [-0.3, -0.25) is 24.2 Å². The van der Waals surface area contributed by atoms with Gasteiger partial charge >= 0.3 is 0 Å². The molecular weight excluding hydrogens is 382 g/mol. The van der Waals surface area contributed by atoms with E-state index >= 15 is 0 Å². The Balaban J connectivity index is 1.80. The maximum absolute atomic E-state index is 13.2. The molecule has 1 amide bonds. The van der Waals surface area contributed by atoms with Crippen LogP contribution in [0.4, 0.5) is 0 Å². The summed E-state index contributed by atoms with van der Waals surface area (Å²) in [6, 6.07) is 10.0. The third-order valence-corrected chi connectivity index (χ3v) is 4.55. The van der Waals surface area contributed by atoms with Crippen LogP contribution in [0.15, 0.2) is 66.1 Å². The molecule has 9 nitrogen and oxygen atoms in total. The van der Waals surface area contributed by atoms with Crippen LogP contribution in [0.1, 0.15) is 34.7 Å². The molecule has 4 rings (SSSR count). The number of nitrogens with zero attached hydrogens (tertiary/aromatic N) is 5. The van der Waals surface area contributed by atoms with E-state index in [0.717, 1.165) is 5.56 Å². The molecule has 0 fully saturated rings. The second-order valence-electron chi connectivity index (χ2n) is 6.79. The number of aromatic nitrogens is 6. The quantitative estimate of drug-likeness (QED) is 0.529. The first kappa shape index (κ1) is 19.2. The number of nitrogens with one attached hydrogen (secondary N) is 2. The molecule has 0 aliphatic heterocycles. The first-order chi connectivity index (χ1) is 14.5. The number of aromatic amines is 1. The minimum Gasteiger partial charge on any atom is -0.342 e. The van der Waals surface area contributed by atoms with E-state index in [1.54, 1.807) is 43.6 Å². The Morgan fingerprint density at radius 1 is 1.17 bits per heavy atom. The molecule has 0 aliphatic rings. The highest BCUT2D eigenvalue weighted by molar-refractivity contribution is 5.95. The van der Waals surface area contributed by atoms with Gasteiger partial charge in [-0.25, -0.2) is 9.97 Å². The average Bonchev–Trinajstić information content (AvgIpc) is 3.30. The minimum atomic E-state index is -0.392. The molecule has 150 valence electrons. The van der Waals surface area contributed by atoms with E-state index in [0.29, 0.717) is 28.5 Å². The fraction of sp³-hybridized carbons (Fsp3) is 0.143. The minimum absolute atomic E-state index is 0.295. The Bertz CT molecular complexity index is 1220. The van der Waals surface area contributed by atoms with Crippen molar-refractivity contribution in [2.24, 2.45) is 0 Å². The Labute approximate surface area is 171 Å². The molecule has 0 aromatic carbocycles. The molecule has 0 unspecified atom stereocenters. The lowest BCUT2D eigenvalue weighted by molar-refractivity contribution is 0.0937. The number of H-pyrrole nitrogens is 1. The molecule has 0 radical (unpaired) electrons. The molecule has 0 spiro atoms. The van der Waals surface area contributed by atoms with Crippen LogP contribution in [0, 0.1) is 6.92 Å². The van der Waals surface area contributed by atoms with Crippen LogP contribution in [-0.4, -0.2) is 35.6 Å². The molecule has 4 aromatic rings. The SMILES string of the molecule is Cc1ccc(-n2cc(C(=O)N[C@@H](C)c3ncn[nH]3)cc(-c3ccccn3)c2=O)nc1. The molecule has 4 aromatic heterocycles. The van der Waals surface area contributed by atoms with Crippen LogP contribution >= 0.6 is 0 Å². The van der Waals surface area contributed by atoms with Crippen LogP contribution in [0.3, 0.4) is 0 Å². The Morgan fingerprint density at radius 2 is 2.03 bits per heavy atom. The van der Waals surface area contributed by atoms with Crippen molar-refractivity contribution in [1.82, 2.24) is 35.0 Å². The van der Waals surface area contributed by atoms with Gasteiger partial charge < -0.3 is 5.32 Å². The van der Waals surface area contributed by atoms with Gasteiger partial charge in [0.15, 0.2) is 0 Å². The van der Waals surface area contributed by atoms with E-state index in [1.165, 1.54) is 23.2 Å². The highest BCUT2D eigenvalue weighted by atomic mass is 16.2. The van der Waals surface area contributed by atoms with Crippen molar-refractivity contribution >= 4 is 5.91 Å². The number of aryl methyl sites for hydroxylation is 1. The van der Waals surface area contributed by atoms with E-state index in [-0.39, 0.29) is 11.5 Å². The predicted molar refractivity (Wildman–Crippen MR) is 110 cm³/mol. The van der Waals surface area contributed by atoms with Gasteiger partial charge in [-0.15, -0.1) is 0 Å². The summed E-state index contributed by atoms with van der Waals surface area (Å²) in [5.74, 6) is 0.583. The zero-order chi connectivity index (χ0) is 21.1. The van der Waals surface area contributed by atoms with E-state index in [4.69, 9.17) is 0 Å². The number of hydrogen-bond donors (Lipinski definition) is 2. The standard InChI is InChI=1S/C21H19N7O2/c1-13-6-7-18(23-10-13)28-11-15(20(29)26-14(2)19-24-12-25-27-19)9-16(21(28)30)17-5-3-4-8-22-17/h3-12,14H,1-2H3,(H,26,29)(H,24,25,27)/t14-/m0/s1. The van der Waals surface area contributed by atoms with Gasteiger partial charge in [0.2, 0.25) is 0 Å². The van der Waals surface area contributed by atoms with Crippen molar-refractivity contribution in [2.45, 2.75) is 19.9 Å². The monoisotopic (exact) mass is 401 g/mol. The summed E-state index contributed by atoms with van der Waals surface area (Å²) >= 11 is 0. The van der Waals surface area contributed by atoms with Gasteiger partial charge in [-0.05, 0) is 43.7 Å². The summed E-state index contributed by atoms with van der Waals surface area (Å²) < 4.78 is 1.36. The van der Waals surface area contributed by atoms with Crippen molar-refractivity contribution in [2.75, 3.05) is 0 Å². The van der Waals surface area contributed by atoms with Crippen molar-refractivity contribution in [1.29, 1.82) is 0 Å².